The average Bonchev–Trinajstić information content (AvgIpc) is 1.61. The second kappa shape index (κ2) is 67.1. The third-order valence-electron chi connectivity index (χ3n) is 22.9. The molecule has 1 aliphatic heterocycles. The molecule has 606 valence electrons. The van der Waals surface area contributed by atoms with Crippen LogP contribution in [0.25, 0.3) is 0 Å². The zero-order valence-corrected chi connectivity index (χ0v) is 70.9. The minimum Gasteiger partial charge on any atom is -0.744 e. The number of nitrogens with zero attached hydrogens (tertiary/aromatic N) is 2. The summed E-state index contributed by atoms with van der Waals surface area (Å²) < 4.78 is 36.0. The van der Waals surface area contributed by atoms with Crippen LogP contribution in [0.3, 0.4) is 0 Å². The molecule has 0 saturated carbocycles. The number of unbranched alkanes of at least 4 members (excludes halogenated alkanes) is 60. The van der Waals surface area contributed by atoms with Gasteiger partial charge in [0.05, 0.1) is 65.0 Å². The molecule has 0 atom stereocenters. The summed E-state index contributed by atoms with van der Waals surface area (Å²) in [4.78, 5) is 24.9. The fourth-order valence-electron chi connectivity index (χ4n) is 15.8. The monoisotopic (exact) mass is 1470 g/mol. The maximum Gasteiger partial charge on any atom is 0.211 e. The number of Topliss-reactive ketones (excluding diaryl/α,β-unsaturated/α-hetero) is 2. The lowest BCUT2D eigenvalue weighted by Crippen LogP contribution is -2.41. The maximum atomic E-state index is 12.7. The van der Waals surface area contributed by atoms with Gasteiger partial charge in [-0.05, 0) is 88.1 Å². The van der Waals surface area contributed by atoms with Crippen molar-refractivity contribution in [3.8, 4) is 0 Å². The van der Waals surface area contributed by atoms with Crippen molar-refractivity contribution in [2.45, 2.75) is 464 Å². The molecule has 2 aliphatic rings. The Kier molecular flexibility index (Phi) is 64.0. The minimum absolute atomic E-state index is 0. The highest BCUT2D eigenvalue weighted by molar-refractivity contribution is 7.85. The molecule has 0 radical (unpaired) electrons. The molecule has 0 aromatic heterocycles. The zero-order chi connectivity index (χ0) is 75.0. The Morgan fingerprint density at radius 1 is 0.327 bits per heavy atom. The Balaban J connectivity index is 0.000000792. The first kappa shape index (κ1) is 99.2. The van der Waals surface area contributed by atoms with Crippen LogP contribution in [0.5, 0.6) is 0 Å². The smallest absolute Gasteiger partial charge is 0.211 e. The molecule has 0 spiro atoms. The molecule has 2 aromatic carbocycles. The van der Waals surface area contributed by atoms with E-state index in [0.717, 1.165) is 11.6 Å². The number of nitrogens with one attached hydrogen (secondary N) is 1. The van der Waals surface area contributed by atoms with E-state index in [9.17, 15) is 22.6 Å². The van der Waals surface area contributed by atoms with Crippen LogP contribution < -0.4 is 5.32 Å². The summed E-state index contributed by atoms with van der Waals surface area (Å²) in [6, 6.07) is 9.12. The van der Waals surface area contributed by atoms with Crippen molar-refractivity contribution < 1.29 is 31.5 Å². The van der Waals surface area contributed by atoms with E-state index < -0.39 is 20.8 Å². The summed E-state index contributed by atoms with van der Waals surface area (Å²) in [5.74, 6) is -0.688. The number of carbonyl (C=O) groups excluding carboxylic acids is 2. The predicted molar refractivity (Wildman–Crippen MR) is 457 cm³/mol. The van der Waals surface area contributed by atoms with Crippen molar-refractivity contribution in [2.24, 2.45) is 0 Å². The molecule has 8 nitrogen and oxygen atoms in total. The predicted octanol–water partition coefficient (Wildman–Crippen LogP) is 30.0. The highest BCUT2D eigenvalue weighted by atomic mass is 32.2. The molecule has 1 heterocycles. The fraction of sp³-hybridized carbons (Fsp3) is 0.832. The van der Waals surface area contributed by atoms with E-state index in [1.54, 1.807) is 12.1 Å². The Morgan fingerprint density at radius 2 is 0.567 bits per heavy atom. The molecule has 2 aromatic rings. The SMILES string of the molecule is C.CCCCCCCCCCCCCCCCCC[N+](C)(C)CCCCCCCCCCCCCCCCCC.CCCCCCCCCCCCCCCCCC[N+](C)(C)CCCCCCCCCCCCCCCCCC.Cc1ccc2c(c1)C(=O)/C(=C1\Cc3ccc(S(=O)(=O)[O-])cc3C1=O)N2. The first-order chi connectivity index (χ1) is 50.0. The number of quaternary nitrogens is 2. The standard InChI is InChI=1S/2C38H80N.C18H13NO5S.CH4/c2*1-5-7-9-11-13-15-17-19-21-23-25-27-29-31-33-35-37-39(3,4)38-36-34-32-30-28-26-24-22-20-18-16-14-12-10-8-6-2;1-9-2-5-15-13(6-9)18(21)16(19-15)14-7-10-3-4-11(25(22,23)24)8-12(10)17(14)20;/h2*5-38H2,1-4H3;2-6,8,19H,7H2,1H3,(H,22,23,24);1H4/q2*+1;;/p-1/b;;16-14-;. The maximum absolute atomic E-state index is 12.7. The van der Waals surface area contributed by atoms with Crippen LogP contribution in [0.2, 0.25) is 0 Å². The Hall–Kier alpha value is -2.85. The first-order valence-electron chi connectivity index (χ1n) is 45.4. The minimum atomic E-state index is -4.64. The number of anilines is 1. The lowest BCUT2D eigenvalue weighted by Gasteiger charge is -2.30. The molecular weight excluding hydrogens is 1300 g/mol. The van der Waals surface area contributed by atoms with Gasteiger partial charge in [0.1, 0.15) is 10.1 Å². The topological polar surface area (TPSA) is 103 Å². The number of aryl methyl sites for hydroxylation is 1. The molecular formula is C95H176N3O5S+. The zero-order valence-electron chi connectivity index (χ0n) is 70.1. The number of rotatable bonds is 69. The molecule has 0 bridgehead atoms. The lowest BCUT2D eigenvalue weighted by molar-refractivity contribution is -0.890. The van der Waals surface area contributed by atoms with Crippen molar-refractivity contribution in [3.05, 3.63) is 69.9 Å². The van der Waals surface area contributed by atoms with Gasteiger partial charge in [0.15, 0.2) is 5.78 Å². The number of benzene rings is 2. The quantitative estimate of drug-likeness (QED) is 0.0306. The fourth-order valence-corrected chi connectivity index (χ4v) is 16.3. The van der Waals surface area contributed by atoms with Gasteiger partial charge in [-0.1, -0.05) is 412 Å². The largest absolute Gasteiger partial charge is 0.744 e. The second-order valence-electron chi connectivity index (χ2n) is 34.1. The van der Waals surface area contributed by atoms with Crippen LogP contribution in [0.1, 0.15) is 478 Å². The van der Waals surface area contributed by atoms with E-state index in [2.05, 4.69) is 61.2 Å². The number of hydrogen-bond acceptors (Lipinski definition) is 6. The van der Waals surface area contributed by atoms with Crippen LogP contribution in [0.15, 0.2) is 52.6 Å². The summed E-state index contributed by atoms with van der Waals surface area (Å²) in [5, 5.41) is 2.99. The number of fused-ring (bicyclic) bond motifs is 2. The van der Waals surface area contributed by atoms with E-state index in [1.807, 2.05) is 13.0 Å². The van der Waals surface area contributed by atoms with Gasteiger partial charge in [0.25, 0.3) is 0 Å². The number of allylic oxidation sites excluding steroid dienone is 2. The van der Waals surface area contributed by atoms with Gasteiger partial charge >= 0.3 is 0 Å². The van der Waals surface area contributed by atoms with Crippen molar-refractivity contribution in [1.82, 2.24) is 0 Å². The highest BCUT2D eigenvalue weighted by Gasteiger charge is 2.35. The lowest BCUT2D eigenvalue weighted by atomic mass is 10.0. The first-order valence-corrected chi connectivity index (χ1v) is 46.8. The van der Waals surface area contributed by atoms with Crippen LogP contribution in [0.4, 0.5) is 5.69 Å². The molecule has 0 saturated heterocycles. The third kappa shape index (κ3) is 53.9. The van der Waals surface area contributed by atoms with E-state index in [-0.39, 0.29) is 36.5 Å². The van der Waals surface area contributed by atoms with Crippen LogP contribution >= 0.6 is 0 Å². The van der Waals surface area contributed by atoms with Crippen molar-refractivity contribution in [1.29, 1.82) is 0 Å². The summed E-state index contributed by atoms with van der Waals surface area (Å²) in [6.07, 6.45) is 94.1. The molecule has 104 heavy (non-hydrogen) atoms. The van der Waals surface area contributed by atoms with E-state index in [4.69, 9.17) is 0 Å². The van der Waals surface area contributed by atoms with Crippen LogP contribution in [-0.4, -0.2) is 87.9 Å². The van der Waals surface area contributed by atoms with E-state index in [0.29, 0.717) is 16.8 Å². The molecule has 9 heteroatoms. The number of hydrogen-bond donors (Lipinski definition) is 1. The van der Waals surface area contributed by atoms with Gasteiger partial charge in [-0.25, -0.2) is 8.42 Å². The summed E-state index contributed by atoms with van der Waals surface area (Å²) in [6.45, 7) is 16.7. The van der Waals surface area contributed by atoms with Gasteiger partial charge in [-0.2, -0.15) is 0 Å². The van der Waals surface area contributed by atoms with Crippen LogP contribution in [0, 0.1) is 6.92 Å². The number of ketones is 2. The van der Waals surface area contributed by atoms with Crippen molar-refractivity contribution in [2.75, 3.05) is 59.7 Å². The Bertz CT molecular complexity index is 2320. The molecule has 0 fully saturated rings. The number of carbonyl (C=O) groups is 2. The van der Waals surface area contributed by atoms with Crippen molar-refractivity contribution in [3.63, 3.8) is 0 Å². The van der Waals surface area contributed by atoms with Gasteiger partial charge < -0.3 is 18.8 Å². The molecule has 4 rings (SSSR count). The molecule has 0 amide bonds. The Morgan fingerprint density at radius 3 is 0.808 bits per heavy atom. The summed E-state index contributed by atoms with van der Waals surface area (Å²) in [5.41, 5.74) is 3.34. The summed E-state index contributed by atoms with van der Waals surface area (Å²) in [7, 11) is 5.23. The van der Waals surface area contributed by atoms with Gasteiger partial charge in [-0.3, -0.25) is 9.59 Å². The second-order valence-corrected chi connectivity index (χ2v) is 35.5. The van der Waals surface area contributed by atoms with Crippen LogP contribution in [-0.2, 0) is 16.5 Å². The van der Waals surface area contributed by atoms with E-state index >= 15 is 0 Å². The molecule has 1 N–H and O–H groups in total. The van der Waals surface area contributed by atoms with Gasteiger partial charge in [0, 0.05) is 28.8 Å². The summed E-state index contributed by atoms with van der Waals surface area (Å²) >= 11 is 0. The molecule has 0 unspecified atom stereocenters. The average molecular weight is 1470 g/mol. The van der Waals surface area contributed by atoms with E-state index in [1.165, 1.54) is 458 Å². The molecule has 1 aliphatic carbocycles. The third-order valence-corrected chi connectivity index (χ3v) is 23.8. The normalized spacial score (nSPS) is 13.6. The van der Waals surface area contributed by atoms with Crippen molar-refractivity contribution >= 4 is 27.4 Å². The Labute approximate surface area is 649 Å². The van der Waals surface area contributed by atoms with Gasteiger partial charge in [-0.15, -0.1) is 0 Å². The highest BCUT2D eigenvalue weighted by Crippen LogP contribution is 2.36. The van der Waals surface area contributed by atoms with Gasteiger partial charge in [0.2, 0.25) is 5.78 Å².